The topological polar surface area (TPSA) is 48.1 Å². The molecule has 1 heterocycles. The molecule has 112 valence electrons. The second kappa shape index (κ2) is 6.16. The van der Waals surface area contributed by atoms with Crippen LogP contribution in [0.15, 0.2) is 42.5 Å². The Kier molecular flexibility index (Phi) is 4.25. The molecular weight excluding hydrogens is 339 g/mol. The Morgan fingerprint density at radius 2 is 1.68 bits per heavy atom. The van der Waals surface area contributed by atoms with Gasteiger partial charge >= 0.3 is 0 Å². The average molecular weight is 351 g/mol. The lowest BCUT2D eigenvalue weighted by molar-refractivity contribution is 0.415. The zero-order valence-corrected chi connectivity index (χ0v) is 14.0. The van der Waals surface area contributed by atoms with Crippen LogP contribution < -0.4 is 10.5 Å². The van der Waals surface area contributed by atoms with E-state index in [1.165, 1.54) is 11.3 Å². The molecule has 3 nitrogen and oxygen atoms in total. The van der Waals surface area contributed by atoms with E-state index in [1.807, 2.05) is 36.4 Å². The number of hydrogen-bond donors (Lipinski definition) is 1. The average Bonchev–Trinajstić information content (AvgIpc) is 2.92. The molecule has 0 spiro atoms. The summed E-state index contributed by atoms with van der Waals surface area (Å²) < 4.78 is 5.18. The molecule has 0 saturated carbocycles. The Morgan fingerprint density at radius 1 is 1.00 bits per heavy atom. The largest absolute Gasteiger partial charge is 0.497 e. The molecule has 3 rings (SSSR count). The van der Waals surface area contributed by atoms with E-state index in [4.69, 9.17) is 33.7 Å². The van der Waals surface area contributed by atoms with Crippen LogP contribution in [0.25, 0.3) is 21.7 Å². The highest BCUT2D eigenvalue weighted by molar-refractivity contribution is 7.19. The summed E-state index contributed by atoms with van der Waals surface area (Å²) in [6.45, 7) is 0. The van der Waals surface area contributed by atoms with E-state index >= 15 is 0 Å². The van der Waals surface area contributed by atoms with Gasteiger partial charge in [0.2, 0.25) is 0 Å². The SMILES string of the molecule is COc1ccc(-c2nc(N)sc2-c2ccc(Cl)c(Cl)c2)cc1. The lowest BCUT2D eigenvalue weighted by Crippen LogP contribution is -1.86. The first-order valence-corrected chi connectivity index (χ1v) is 8.02. The maximum Gasteiger partial charge on any atom is 0.181 e. The summed E-state index contributed by atoms with van der Waals surface area (Å²) in [6.07, 6.45) is 0. The fourth-order valence-electron chi connectivity index (χ4n) is 2.11. The van der Waals surface area contributed by atoms with Crippen LogP contribution in [0.1, 0.15) is 0 Å². The monoisotopic (exact) mass is 350 g/mol. The number of thiazole rings is 1. The van der Waals surface area contributed by atoms with Gasteiger partial charge in [-0.25, -0.2) is 4.98 Å². The molecule has 2 N–H and O–H groups in total. The van der Waals surface area contributed by atoms with Crippen LogP contribution in [0.3, 0.4) is 0 Å². The van der Waals surface area contributed by atoms with E-state index < -0.39 is 0 Å². The van der Waals surface area contributed by atoms with E-state index in [-0.39, 0.29) is 0 Å². The first-order chi connectivity index (χ1) is 10.6. The molecular formula is C16H12Cl2N2OS. The third kappa shape index (κ3) is 2.90. The van der Waals surface area contributed by atoms with Crippen LogP contribution in [-0.4, -0.2) is 12.1 Å². The van der Waals surface area contributed by atoms with Crippen molar-refractivity contribution >= 4 is 39.7 Å². The van der Waals surface area contributed by atoms with Crippen molar-refractivity contribution in [3.05, 3.63) is 52.5 Å². The number of nitrogens with zero attached hydrogens (tertiary/aromatic N) is 1. The van der Waals surface area contributed by atoms with Gasteiger partial charge in [0.15, 0.2) is 5.13 Å². The van der Waals surface area contributed by atoms with E-state index in [2.05, 4.69) is 4.98 Å². The zero-order chi connectivity index (χ0) is 15.7. The molecule has 0 aliphatic heterocycles. The van der Waals surface area contributed by atoms with Crippen molar-refractivity contribution in [2.45, 2.75) is 0 Å². The third-order valence-electron chi connectivity index (χ3n) is 3.19. The molecule has 1 aromatic heterocycles. The predicted molar refractivity (Wildman–Crippen MR) is 94.0 cm³/mol. The molecule has 22 heavy (non-hydrogen) atoms. The van der Waals surface area contributed by atoms with Crippen molar-refractivity contribution in [1.82, 2.24) is 4.98 Å². The Bertz CT molecular complexity index is 816. The lowest BCUT2D eigenvalue weighted by atomic mass is 10.1. The minimum absolute atomic E-state index is 0.506. The van der Waals surface area contributed by atoms with E-state index in [0.717, 1.165) is 27.4 Å². The van der Waals surface area contributed by atoms with Crippen LogP contribution in [-0.2, 0) is 0 Å². The number of nitrogen functional groups attached to an aromatic ring is 1. The first-order valence-electron chi connectivity index (χ1n) is 6.44. The lowest BCUT2D eigenvalue weighted by Gasteiger charge is -2.05. The van der Waals surface area contributed by atoms with Gasteiger partial charge < -0.3 is 10.5 Å². The van der Waals surface area contributed by atoms with E-state index in [0.29, 0.717) is 15.2 Å². The van der Waals surface area contributed by atoms with E-state index in [1.54, 1.807) is 13.2 Å². The van der Waals surface area contributed by atoms with Crippen LogP contribution in [0, 0.1) is 0 Å². The summed E-state index contributed by atoms with van der Waals surface area (Å²) in [4.78, 5) is 5.40. The number of nitrogens with two attached hydrogens (primary N) is 1. The number of rotatable bonds is 3. The van der Waals surface area contributed by atoms with Crippen LogP contribution in [0.2, 0.25) is 10.0 Å². The highest BCUT2D eigenvalue weighted by Gasteiger charge is 2.15. The molecule has 0 unspecified atom stereocenters. The molecule has 0 atom stereocenters. The van der Waals surface area contributed by atoms with Gasteiger partial charge in [0.1, 0.15) is 5.75 Å². The van der Waals surface area contributed by atoms with Crippen molar-refractivity contribution in [1.29, 1.82) is 0 Å². The molecule has 0 fully saturated rings. The number of halogens is 2. The maximum absolute atomic E-state index is 6.11. The summed E-state index contributed by atoms with van der Waals surface area (Å²) >= 11 is 13.5. The Hall–Kier alpha value is -1.75. The van der Waals surface area contributed by atoms with Gasteiger partial charge in [-0.05, 0) is 42.0 Å². The third-order valence-corrected chi connectivity index (χ3v) is 4.86. The van der Waals surface area contributed by atoms with Gasteiger partial charge in [0.25, 0.3) is 0 Å². The van der Waals surface area contributed by atoms with Gasteiger partial charge in [-0.1, -0.05) is 40.6 Å². The van der Waals surface area contributed by atoms with Crippen molar-refractivity contribution in [2.24, 2.45) is 0 Å². The van der Waals surface area contributed by atoms with Crippen LogP contribution >= 0.6 is 34.5 Å². The van der Waals surface area contributed by atoms with Gasteiger partial charge in [-0.2, -0.15) is 0 Å². The molecule has 0 aliphatic carbocycles. The van der Waals surface area contributed by atoms with E-state index in [9.17, 15) is 0 Å². The fraction of sp³-hybridized carbons (Fsp3) is 0.0625. The summed E-state index contributed by atoms with van der Waals surface area (Å²) in [7, 11) is 1.64. The number of anilines is 1. The van der Waals surface area contributed by atoms with Crippen LogP contribution in [0.5, 0.6) is 5.75 Å². The first kappa shape index (κ1) is 15.2. The molecule has 0 aliphatic rings. The Labute approximate surface area is 142 Å². The molecule has 0 amide bonds. The molecule has 3 aromatic rings. The minimum atomic E-state index is 0.506. The number of methoxy groups -OCH3 is 1. The summed E-state index contributed by atoms with van der Waals surface area (Å²) in [6, 6.07) is 13.2. The summed E-state index contributed by atoms with van der Waals surface area (Å²) in [5.74, 6) is 0.794. The summed E-state index contributed by atoms with van der Waals surface area (Å²) in [5, 5.41) is 1.53. The number of benzene rings is 2. The fourth-order valence-corrected chi connectivity index (χ4v) is 3.26. The number of aromatic nitrogens is 1. The quantitative estimate of drug-likeness (QED) is 0.690. The normalized spacial score (nSPS) is 10.7. The van der Waals surface area contributed by atoms with Crippen molar-refractivity contribution in [3.8, 4) is 27.4 Å². The van der Waals surface area contributed by atoms with Gasteiger partial charge in [0, 0.05) is 5.56 Å². The second-order valence-electron chi connectivity index (χ2n) is 4.59. The predicted octanol–water partition coefficient (Wildman–Crippen LogP) is 5.37. The van der Waals surface area contributed by atoms with Crippen molar-refractivity contribution < 1.29 is 4.74 Å². The molecule has 0 bridgehead atoms. The minimum Gasteiger partial charge on any atom is -0.497 e. The Balaban J connectivity index is 2.10. The van der Waals surface area contributed by atoms with Gasteiger partial charge in [-0.3, -0.25) is 0 Å². The van der Waals surface area contributed by atoms with Crippen molar-refractivity contribution in [2.75, 3.05) is 12.8 Å². The molecule has 6 heteroatoms. The highest BCUT2D eigenvalue weighted by Crippen LogP contribution is 2.40. The number of ether oxygens (including phenoxy) is 1. The Morgan fingerprint density at radius 3 is 2.32 bits per heavy atom. The molecule has 2 aromatic carbocycles. The standard InChI is InChI=1S/C16H12Cl2N2OS/c1-21-11-5-2-9(3-6-11)14-15(22-16(19)20-14)10-4-7-12(17)13(18)8-10/h2-8H,1H3,(H2,19,20). The maximum atomic E-state index is 6.11. The zero-order valence-electron chi connectivity index (χ0n) is 11.6. The smallest absolute Gasteiger partial charge is 0.181 e. The number of hydrogen-bond acceptors (Lipinski definition) is 4. The summed E-state index contributed by atoms with van der Waals surface area (Å²) in [5.41, 5.74) is 8.63. The highest BCUT2D eigenvalue weighted by atomic mass is 35.5. The molecule has 0 saturated heterocycles. The van der Waals surface area contributed by atoms with Gasteiger partial charge in [-0.15, -0.1) is 0 Å². The second-order valence-corrected chi connectivity index (χ2v) is 6.43. The molecule has 0 radical (unpaired) electrons. The van der Waals surface area contributed by atoms with Crippen molar-refractivity contribution in [3.63, 3.8) is 0 Å². The van der Waals surface area contributed by atoms with Crippen LogP contribution in [0.4, 0.5) is 5.13 Å². The van der Waals surface area contributed by atoms with Gasteiger partial charge in [0.05, 0.1) is 27.7 Å².